The van der Waals surface area contributed by atoms with Crippen LogP contribution in [-0.2, 0) is 4.74 Å². The van der Waals surface area contributed by atoms with E-state index in [1.807, 2.05) is 0 Å². The van der Waals surface area contributed by atoms with Crippen LogP contribution in [0.5, 0.6) is 0 Å². The third-order valence-corrected chi connectivity index (χ3v) is 4.46. The maximum Gasteiger partial charge on any atom is 0.339 e. The average Bonchev–Trinajstić information content (AvgIpc) is 3.44. The first-order valence-electron chi connectivity index (χ1n) is 8.85. The Labute approximate surface area is 160 Å². The summed E-state index contributed by atoms with van der Waals surface area (Å²) in [5, 5.41) is 5.57. The molecule has 0 atom stereocenters. The van der Waals surface area contributed by atoms with E-state index in [9.17, 15) is 14.4 Å². The van der Waals surface area contributed by atoms with Gasteiger partial charge in [-0.3, -0.25) is 14.0 Å². The fourth-order valence-electron chi connectivity index (χ4n) is 2.90. The van der Waals surface area contributed by atoms with Gasteiger partial charge in [0.1, 0.15) is 0 Å². The molecule has 0 spiro atoms. The number of benzene rings is 1. The minimum atomic E-state index is -0.560. The van der Waals surface area contributed by atoms with Gasteiger partial charge in [0.05, 0.1) is 23.9 Å². The Morgan fingerprint density at radius 1 is 1.07 bits per heavy atom. The third-order valence-electron chi connectivity index (χ3n) is 4.46. The van der Waals surface area contributed by atoms with Crippen LogP contribution in [0.1, 0.15) is 44.3 Å². The average molecular weight is 378 g/mol. The molecular weight excluding hydrogens is 360 g/mol. The van der Waals surface area contributed by atoms with Gasteiger partial charge in [-0.05, 0) is 37.1 Å². The van der Waals surface area contributed by atoms with Crippen molar-refractivity contribution >= 4 is 29.0 Å². The monoisotopic (exact) mass is 378 g/mol. The van der Waals surface area contributed by atoms with Crippen LogP contribution in [0.25, 0.3) is 5.52 Å². The zero-order chi connectivity index (χ0) is 19.7. The number of carbonyl (C=O) groups is 3. The topological polar surface area (TPSA) is 102 Å². The van der Waals surface area contributed by atoms with Gasteiger partial charge in [0, 0.05) is 12.2 Å². The van der Waals surface area contributed by atoms with Gasteiger partial charge in [0.25, 0.3) is 11.8 Å². The van der Waals surface area contributed by atoms with E-state index in [0.29, 0.717) is 11.2 Å². The number of amides is 2. The van der Waals surface area contributed by atoms with Crippen molar-refractivity contribution in [3.63, 3.8) is 0 Å². The van der Waals surface area contributed by atoms with Crippen molar-refractivity contribution in [2.45, 2.75) is 18.9 Å². The first-order valence-corrected chi connectivity index (χ1v) is 8.85. The third kappa shape index (κ3) is 3.32. The molecule has 0 aliphatic heterocycles. The van der Waals surface area contributed by atoms with Crippen LogP contribution < -0.4 is 10.6 Å². The summed E-state index contributed by atoms with van der Waals surface area (Å²) in [4.78, 5) is 41.6. The van der Waals surface area contributed by atoms with E-state index in [-0.39, 0.29) is 29.0 Å². The summed E-state index contributed by atoms with van der Waals surface area (Å²) in [5.74, 6) is -1.26. The van der Waals surface area contributed by atoms with Gasteiger partial charge < -0.3 is 15.4 Å². The first kappa shape index (κ1) is 17.7. The van der Waals surface area contributed by atoms with Crippen molar-refractivity contribution in [2.24, 2.45) is 0 Å². The summed E-state index contributed by atoms with van der Waals surface area (Å²) >= 11 is 0. The Kier molecular flexibility index (Phi) is 4.52. The van der Waals surface area contributed by atoms with Crippen LogP contribution in [0.4, 0.5) is 5.69 Å². The number of esters is 1. The van der Waals surface area contributed by atoms with Crippen molar-refractivity contribution in [2.75, 3.05) is 12.4 Å². The number of hydrogen-bond donors (Lipinski definition) is 2. The molecule has 1 aromatic carbocycles. The molecule has 2 amide bonds. The second kappa shape index (κ2) is 7.15. The molecule has 8 nitrogen and oxygen atoms in total. The number of hydrogen-bond acceptors (Lipinski definition) is 5. The van der Waals surface area contributed by atoms with Gasteiger partial charge in [-0.1, -0.05) is 18.2 Å². The maximum absolute atomic E-state index is 12.9. The first-order chi connectivity index (χ1) is 13.6. The number of carbonyl (C=O) groups excluding carboxylic acids is 3. The second-order valence-electron chi connectivity index (χ2n) is 6.48. The number of rotatable bonds is 5. The second-order valence-corrected chi connectivity index (χ2v) is 6.48. The highest BCUT2D eigenvalue weighted by molar-refractivity contribution is 6.11. The lowest BCUT2D eigenvalue weighted by molar-refractivity contribution is 0.0601. The van der Waals surface area contributed by atoms with Gasteiger partial charge in [-0.15, -0.1) is 0 Å². The van der Waals surface area contributed by atoms with Crippen LogP contribution >= 0.6 is 0 Å². The lowest BCUT2D eigenvalue weighted by atomic mass is 10.1. The smallest absolute Gasteiger partial charge is 0.339 e. The lowest BCUT2D eigenvalue weighted by Crippen LogP contribution is -2.27. The molecule has 1 fully saturated rings. The van der Waals surface area contributed by atoms with Crippen molar-refractivity contribution in [1.29, 1.82) is 0 Å². The number of para-hydroxylation sites is 1. The van der Waals surface area contributed by atoms with E-state index in [2.05, 4.69) is 15.6 Å². The minimum absolute atomic E-state index is 0.0983. The van der Waals surface area contributed by atoms with E-state index in [1.165, 1.54) is 7.11 Å². The Balaban J connectivity index is 1.69. The van der Waals surface area contributed by atoms with E-state index in [1.54, 1.807) is 53.1 Å². The quantitative estimate of drug-likeness (QED) is 0.663. The zero-order valence-electron chi connectivity index (χ0n) is 15.1. The molecule has 1 aliphatic carbocycles. The number of imidazole rings is 1. The predicted molar refractivity (Wildman–Crippen MR) is 101 cm³/mol. The molecule has 1 aliphatic rings. The zero-order valence-corrected chi connectivity index (χ0v) is 15.1. The molecule has 2 N–H and O–H groups in total. The molecule has 28 heavy (non-hydrogen) atoms. The van der Waals surface area contributed by atoms with Crippen LogP contribution in [0.15, 0.2) is 48.7 Å². The Morgan fingerprint density at radius 3 is 2.57 bits per heavy atom. The normalized spacial score (nSPS) is 13.2. The Hall–Kier alpha value is -3.68. The number of ether oxygens (including phenoxy) is 1. The number of nitrogens with one attached hydrogen (secondary N) is 2. The summed E-state index contributed by atoms with van der Waals surface area (Å²) in [5.41, 5.74) is 1.13. The van der Waals surface area contributed by atoms with Gasteiger partial charge in [0.15, 0.2) is 5.69 Å². The highest BCUT2D eigenvalue weighted by atomic mass is 16.5. The van der Waals surface area contributed by atoms with Crippen molar-refractivity contribution in [1.82, 2.24) is 14.7 Å². The molecule has 0 radical (unpaired) electrons. The van der Waals surface area contributed by atoms with Crippen LogP contribution in [-0.4, -0.2) is 40.3 Å². The number of methoxy groups -OCH3 is 1. The summed E-state index contributed by atoms with van der Waals surface area (Å²) in [7, 11) is 1.27. The molecule has 4 rings (SSSR count). The van der Waals surface area contributed by atoms with Crippen molar-refractivity contribution < 1.29 is 19.1 Å². The summed E-state index contributed by atoms with van der Waals surface area (Å²) in [6, 6.07) is 11.9. The molecule has 2 heterocycles. The Bertz CT molecular complexity index is 1080. The van der Waals surface area contributed by atoms with Crippen molar-refractivity contribution in [3.8, 4) is 0 Å². The van der Waals surface area contributed by atoms with Gasteiger partial charge in [-0.2, -0.15) is 0 Å². The van der Waals surface area contributed by atoms with E-state index in [0.717, 1.165) is 12.8 Å². The van der Waals surface area contributed by atoms with Gasteiger partial charge in [-0.25, -0.2) is 9.78 Å². The van der Waals surface area contributed by atoms with Gasteiger partial charge in [0.2, 0.25) is 5.82 Å². The molecule has 1 saturated carbocycles. The van der Waals surface area contributed by atoms with Gasteiger partial charge >= 0.3 is 5.97 Å². The molecule has 0 bridgehead atoms. The minimum Gasteiger partial charge on any atom is -0.465 e. The van der Waals surface area contributed by atoms with E-state index in [4.69, 9.17) is 4.74 Å². The summed E-state index contributed by atoms with van der Waals surface area (Å²) in [6.45, 7) is 0. The number of pyridine rings is 1. The highest BCUT2D eigenvalue weighted by Crippen LogP contribution is 2.21. The fourth-order valence-corrected chi connectivity index (χ4v) is 2.90. The molecule has 0 unspecified atom stereocenters. The number of aromatic nitrogens is 2. The maximum atomic E-state index is 12.9. The highest BCUT2D eigenvalue weighted by Gasteiger charge is 2.28. The van der Waals surface area contributed by atoms with Crippen molar-refractivity contribution in [3.05, 3.63) is 65.7 Å². The predicted octanol–water partition coefficient (Wildman–Crippen LogP) is 2.27. The van der Waals surface area contributed by atoms with Crippen LogP contribution in [0.2, 0.25) is 0 Å². The standard InChI is InChI=1S/C20H18N4O4/c1-28-20(27)13-6-2-3-7-14(13)22-18(25)16-15-8-4-5-11-24(15)17(23-16)19(26)21-12-9-10-12/h2-8,11-12H,9-10H2,1H3,(H,21,26)(H,22,25). The lowest BCUT2D eigenvalue weighted by Gasteiger charge is -2.08. The van der Waals surface area contributed by atoms with E-state index < -0.39 is 11.9 Å². The number of fused-ring (bicyclic) bond motifs is 1. The van der Waals surface area contributed by atoms with Crippen LogP contribution in [0.3, 0.4) is 0 Å². The molecule has 0 saturated heterocycles. The Morgan fingerprint density at radius 2 is 1.82 bits per heavy atom. The largest absolute Gasteiger partial charge is 0.465 e. The van der Waals surface area contributed by atoms with E-state index >= 15 is 0 Å². The summed E-state index contributed by atoms with van der Waals surface area (Å²) in [6.07, 6.45) is 3.59. The van der Waals surface area contributed by atoms with Crippen LogP contribution in [0, 0.1) is 0 Å². The molecule has 142 valence electrons. The molecular formula is C20H18N4O4. The number of anilines is 1. The number of nitrogens with zero attached hydrogens (tertiary/aromatic N) is 2. The fraction of sp³-hybridized carbons (Fsp3) is 0.200. The molecule has 2 aromatic heterocycles. The molecule has 3 aromatic rings. The summed E-state index contributed by atoms with van der Waals surface area (Å²) < 4.78 is 6.33. The molecule has 8 heteroatoms. The SMILES string of the molecule is COC(=O)c1ccccc1NC(=O)c1nc(C(=O)NC2CC2)n2ccccc12.